The van der Waals surface area contributed by atoms with Gasteiger partial charge in [-0.25, -0.2) is 4.98 Å². The van der Waals surface area contributed by atoms with Gasteiger partial charge in [0.1, 0.15) is 5.82 Å². The summed E-state index contributed by atoms with van der Waals surface area (Å²) in [5.74, 6) is 0.900. The lowest BCUT2D eigenvalue weighted by atomic mass is 10.1. The third-order valence-electron chi connectivity index (χ3n) is 5.71. The monoisotopic (exact) mass is 383 g/mol. The quantitative estimate of drug-likeness (QED) is 0.566. The smallest absolute Gasteiger partial charge is 0.138 e. The first-order valence-corrected chi connectivity index (χ1v) is 10.3. The number of H-pyrrole nitrogens is 1. The molecule has 5 rings (SSSR count). The van der Waals surface area contributed by atoms with Gasteiger partial charge in [0.05, 0.1) is 11.0 Å². The molecule has 1 aliphatic rings. The fraction of sp³-hybridized carbons (Fsp3) is 0.250. The number of hydrogen-bond donors (Lipinski definition) is 1. The standard InChI is InChI=1S/C24H25N5/c1-2-4-21(5-3-1)29-16-14-28(15-17-29)13-10-19-6-7-22-23(18-19)27-24(26-22)20-8-11-25-12-9-20/h1-9,11-12,18H,10,13-17H2,(H,26,27). The number of aromatic amines is 1. The summed E-state index contributed by atoms with van der Waals surface area (Å²) < 4.78 is 0. The van der Waals surface area contributed by atoms with E-state index >= 15 is 0 Å². The molecule has 0 spiro atoms. The summed E-state index contributed by atoms with van der Waals surface area (Å²) in [6.07, 6.45) is 4.65. The van der Waals surface area contributed by atoms with Crippen LogP contribution in [0.25, 0.3) is 22.4 Å². The third-order valence-corrected chi connectivity index (χ3v) is 5.71. The first kappa shape index (κ1) is 17.9. The van der Waals surface area contributed by atoms with Crippen molar-refractivity contribution in [3.8, 4) is 11.4 Å². The van der Waals surface area contributed by atoms with Crippen LogP contribution in [-0.2, 0) is 6.42 Å². The summed E-state index contributed by atoms with van der Waals surface area (Å²) in [5.41, 5.74) is 5.86. The number of rotatable bonds is 5. The second kappa shape index (κ2) is 8.05. The molecule has 1 saturated heterocycles. The Hall–Kier alpha value is -3.18. The van der Waals surface area contributed by atoms with Crippen LogP contribution in [0.3, 0.4) is 0 Å². The Morgan fingerprint density at radius 3 is 2.45 bits per heavy atom. The van der Waals surface area contributed by atoms with Crippen LogP contribution in [-0.4, -0.2) is 52.6 Å². The van der Waals surface area contributed by atoms with Crippen LogP contribution in [0, 0.1) is 0 Å². The molecular weight excluding hydrogens is 358 g/mol. The largest absolute Gasteiger partial charge is 0.369 e. The number of nitrogens with zero attached hydrogens (tertiary/aromatic N) is 4. The van der Waals surface area contributed by atoms with E-state index in [1.165, 1.54) is 11.3 Å². The van der Waals surface area contributed by atoms with Gasteiger partial charge in [-0.15, -0.1) is 0 Å². The Bertz CT molecular complexity index is 1070. The van der Waals surface area contributed by atoms with Gasteiger partial charge in [-0.2, -0.15) is 0 Å². The van der Waals surface area contributed by atoms with Crippen molar-refractivity contribution in [1.29, 1.82) is 0 Å². The maximum atomic E-state index is 4.71. The Balaban J connectivity index is 1.20. The van der Waals surface area contributed by atoms with Crippen molar-refractivity contribution in [2.75, 3.05) is 37.6 Å². The van der Waals surface area contributed by atoms with Crippen molar-refractivity contribution in [2.45, 2.75) is 6.42 Å². The van der Waals surface area contributed by atoms with E-state index in [4.69, 9.17) is 4.98 Å². The van der Waals surface area contributed by atoms with Gasteiger partial charge in [0, 0.05) is 56.4 Å². The van der Waals surface area contributed by atoms with Crippen LogP contribution in [0.2, 0.25) is 0 Å². The average Bonchev–Trinajstić information content (AvgIpc) is 3.23. The molecule has 2 aromatic heterocycles. The number of aromatic nitrogens is 3. The number of benzene rings is 2. The van der Waals surface area contributed by atoms with E-state index in [1.54, 1.807) is 12.4 Å². The first-order valence-electron chi connectivity index (χ1n) is 10.3. The molecule has 2 aromatic carbocycles. The molecule has 146 valence electrons. The van der Waals surface area contributed by atoms with Crippen LogP contribution in [0.15, 0.2) is 73.1 Å². The van der Waals surface area contributed by atoms with Crippen LogP contribution >= 0.6 is 0 Å². The predicted molar refractivity (Wildman–Crippen MR) is 118 cm³/mol. The molecule has 0 bridgehead atoms. The van der Waals surface area contributed by atoms with E-state index in [2.05, 4.69) is 68.3 Å². The summed E-state index contributed by atoms with van der Waals surface area (Å²) in [6.45, 7) is 5.53. The second-order valence-corrected chi connectivity index (χ2v) is 7.59. The molecule has 0 saturated carbocycles. The third kappa shape index (κ3) is 4.00. The minimum Gasteiger partial charge on any atom is -0.369 e. The number of pyridine rings is 1. The van der Waals surface area contributed by atoms with Gasteiger partial charge in [-0.1, -0.05) is 24.3 Å². The van der Waals surface area contributed by atoms with Crippen molar-refractivity contribution in [3.63, 3.8) is 0 Å². The molecule has 29 heavy (non-hydrogen) atoms. The number of fused-ring (bicyclic) bond motifs is 1. The zero-order valence-corrected chi connectivity index (χ0v) is 16.5. The lowest BCUT2D eigenvalue weighted by Crippen LogP contribution is -2.46. The highest BCUT2D eigenvalue weighted by molar-refractivity contribution is 5.79. The summed E-state index contributed by atoms with van der Waals surface area (Å²) in [7, 11) is 0. The normalized spacial score (nSPS) is 15.1. The molecule has 0 radical (unpaired) electrons. The van der Waals surface area contributed by atoms with Crippen LogP contribution in [0.5, 0.6) is 0 Å². The van der Waals surface area contributed by atoms with E-state index in [-0.39, 0.29) is 0 Å². The first-order chi connectivity index (χ1) is 14.3. The molecule has 1 N–H and O–H groups in total. The predicted octanol–water partition coefficient (Wildman–Crippen LogP) is 3.99. The minimum absolute atomic E-state index is 0.900. The highest BCUT2D eigenvalue weighted by Crippen LogP contribution is 2.21. The average molecular weight is 383 g/mol. The highest BCUT2D eigenvalue weighted by Gasteiger charge is 2.16. The van der Waals surface area contributed by atoms with Gasteiger partial charge in [0.15, 0.2) is 0 Å². The summed E-state index contributed by atoms with van der Waals surface area (Å²) in [5, 5.41) is 0. The highest BCUT2D eigenvalue weighted by atomic mass is 15.3. The molecular formula is C24H25N5. The topological polar surface area (TPSA) is 48.1 Å². The molecule has 5 heteroatoms. The lowest BCUT2D eigenvalue weighted by Gasteiger charge is -2.36. The maximum Gasteiger partial charge on any atom is 0.138 e. The van der Waals surface area contributed by atoms with Gasteiger partial charge in [0.2, 0.25) is 0 Å². The number of hydrogen-bond acceptors (Lipinski definition) is 4. The molecule has 0 atom stereocenters. The zero-order chi connectivity index (χ0) is 19.5. The number of nitrogens with one attached hydrogen (secondary N) is 1. The van der Waals surface area contributed by atoms with Crippen molar-refractivity contribution < 1.29 is 0 Å². The van der Waals surface area contributed by atoms with Crippen LogP contribution < -0.4 is 4.90 Å². The van der Waals surface area contributed by atoms with Crippen molar-refractivity contribution in [1.82, 2.24) is 19.9 Å². The number of piperazine rings is 1. The van der Waals surface area contributed by atoms with Gasteiger partial charge >= 0.3 is 0 Å². The van der Waals surface area contributed by atoms with Gasteiger partial charge < -0.3 is 9.88 Å². The Morgan fingerprint density at radius 1 is 0.862 bits per heavy atom. The molecule has 0 amide bonds. The van der Waals surface area contributed by atoms with E-state index in [0.29, 0.717) is 0 Å². The minimum atomic E-state index is 0.900. The number of anilines is 1. The Kier molecular flexibility index (Phi) is 4.97. The van der Waals surface area contributed by atoms with Gasteiger partial charge in [-0.05, 0) is 48.4 Å². The molecule has 0 unspecified atom stereocenters. The van der Waals surface area contributed by atoms with Crippen molar-refractivity contribution in [2.24, 2.45) is 0 Å². The van der Waals surface area contributed by atoms with E-state index in [0.717, 1.165) is 61.6 Å². The molecule has 0 aliphatic carbocycles. The number of imidazole rings is 1. The van der Waals surface area contributed by atoms with Gasteiger partial charge in [0.25, 0.3) is 0 Å². The molecule has 3 heterocycles. The zero-order valence-electron chi connectivity index (χ0n) is 16.5. The fourth-order valence-corrected chi connectivity index (χ4v) is 4.01. The second-order valence-electron chi connectivity index (χ2n) is 7.59. The molecule has 1 fully saturated rings. The number of para-hydroxylation sites is 1. The van der Waals surface area contributed by atoms with E-state index in [9.17, 15) is 0 Å². The fourth-order valence-electron chi connectivity index (χ4n) is 4.01. The maximum absolute atomic E-state index is 4.71. The Morgan fingerprint density at radius 2 is 1.66 bits per heavy atom. The molecule has 5 nitrogen and oxygen atoms in total. The lowest BCUT2D eigenvalue weighted by molar-refractivity contribution is 0.261. The SMILES string of the molecule is c1ccc(N2CCN(CCc3ccc4nc(-c5ccncc5)[nH]c4c3)CC2)cc1. The summed E-state index contributed by atoms with van der Waals surface area (Å²) in [6, 6.07) is 21.3. The van der Waals surface area contributed by atoms with Crippen molar-refractivity contribution in [3.05, 3.63) is 78.6 Å². The molecule has 4 aromatic rings. The Labute approximate surface area is 171 Å². The van der Waals surface area contributed by atoms with Gasteiger partial charge in [-0.3, -0.25) is 9.88 Å². The van der Waals surface area contributed by atoms with E-state index in [1.807, 2.05) is 12.1 Å². The van der Waals surface area contributed by atoms with Crippen LogP contribution in [0.4, 0.5) is 5.69 Å². The van der Waals surface area contributed by atoms with Crippen molar-refractivity contribution >= 4 is 16.7 Å². The summed E-state index contributed by atoms with van der Waals surface area (Å²) in [4.78, 5) is 17.3. The van der Waals surface area contributed by atoms with Crippen LogP contribution in [0.1, 0.15) is 5.56 Å². The summed E-state index contributed by atoms with van der Waals surface area (Å²) >= 11 is 0. The molecule has 1 aliphatic heterocycles. The van der Waals surface area contributed by atoms with E-state index < -0.39 is 0 Å².